The number of phenolic OH excluding ortho intramolecular Hbond substituents is 1. The summed E-state index contributed by atoms with van der Waals surface area (Å²) in [6.07, 6.45) is 9.90. The van der Waals surface area contributed by atoms with Crippen LogP contribution in [0.15, 0.2) is 30.5 Å². The molecule has 4 aliphatic heterocycles. The van der Waals surface area contributed by atoms with Gasteiger partial charge in [0, 0.05) is 71.8 Å². The van der Waals surface area contributed by atoms with Crippen LogP contribution in [-0.2, 0) is 7.05 Å². The minimum atomic E-state index is -2.26. The van der Waals surface area contributed by atoms with Crippen LogP contribution in [0.1, 0.15) is 41.8 Å². The van der Waals surface area contributed by atoms with E-state index in [0.29, 0.717) is 60.9 Å². The van der Waals surface area contributed by atoms with Gasteiger partial charge in [-0.05, 0) is 68.4 Å². The molecule has 1 N–H and O–H groups in total. The number of hydrogen-bond acceptors (Lipinski definition) is 8. The highest BCUT2D eigenvalue weighted by Crippen LogP contribution is 2.46. The van der Waals surface area contributed by atoms with Crippen molar-refractivity contribution in [3.8, 4) is 35.2 Å². The van der Waals surface area contributed by atoms with Crippen LogP contribution in [0, 0.1) is 24.0 Å². The number of piperazine rings is 1. The van der Waals surface area contributed by atoms with Gasteiger partial charge in [-0.15, -0.1) is 6.42 Å². The molecule has 9 nitrogen and oxygen atoms in total. The average molecular weight is 671 g/mol. The molecular formula is C37H36F3N7O2. The first-order chi connectivity index (χ1) is 24.8. The molecule has 0 amide bonds. The Kier molecular flexibility index (Phi) is 6.09. The van der Waals surface area contributed by atoms with Crippen LogP contribution in [-0.4, -0.2) is 98.2 Å². The third-order valence-corrected chi connectivity index (χ3v) is 11.1. The van der Waals surface area contributed by atoms with E-state index in [1.165, 1.54) is 28.9 Å². The monoisotopic (exact) mass is 670 g/mol. The molecule has 4 atom stereocenters. The summed E-state index contributed by atoms with van der Waals surface area (Å²) in [7, 11) is 1.69. The Bertz CT molecular complexity index is 2330. The second-order valence-electron chi connectivity index (χ2n) is 14.0. The van der Waals surface area contributed by atoms with Gasteiger partial charge in [-0.1, -0.05) is 12.0 Å². The van der Waals surface area contributed by atoms with Crippen molar-refractivity contribution in [1.82, 2.24) is 29.5 Å². The standard InChI is InChI=1S/C37H36F3N7O2/c1-4-25-28(39)9-6-20-12-24(48)13-26(29(20)25)30-32(40)34-31(27-18-44(2)43-33(27)30)35(46-16-22-7-8-23(17-46)45(22)3)42-36(41-34)49-19-37-10-5-11-47(37)15-21(38)14-37/h1,6,9,12-13,18,21-23,48H,5,7-8,10-11,14-17,19H2,2-3H3/t21-,22-,23+,37+/m1/s1/i3D3. The third-order valence-electron chi connectivity index (χ3n) is 11.1. The first kappa shape index (κ1) is 27.2. The molecule has 2 aromatic heterocycles. The number of aromatic nitrogens is 4. The van der Waals surface area contributed by atoms with Gasteiger partial charge in [0.25, 0.3) is 0 Å². The Morgan fingerprint density at radius 1 is 1.12 bits per heavy atom. The zero-order valence-corrected chi connectivity index (χ0v) is 26.9. The minimum absolute atomic E-state index is 0.0365. The van der Waals surface area contributed by atoms with Crippen molar-refractivity contribution in [3.05, 3.63) is 47.7 Å². The summed E-state index contributed by atoms with van der Waals surface area (Å²) in [6.45, 7) is -0.399. The van der Waals surface area contributed by atoms with Gasteiger partial charge >= 0.3 is 6.01 Å². The molecule has 4 fully saturated rings. The number of terminal acetylenes is 1. The topological polar surface area (TPSA) is 82.8 Å². The fourth-order valence-electron chi connectivity index (χ4n) is 8.94. The predicted octanol–water partition coefficient (Wildman–Crippen LogP) is 5.54. The highest BCUT2D eigenvalue weighted by atomic mass is 19.1. The summed E-state index contributed by atoms with van der Waals surface area (Å²) in [5.41, 5.74) is -0.380. The van der Waals surface area contributed by atoms with Gasteiger partial charge in [-0.2, -0.15) is 15.1 Å². The number of rotatable bonds is 5. The van der Waals surface area contributed by atoms with Crippen LogP contribution < -0.4 is 9.64 Å². The molecule has 0 unspecified atom stereocenters. The highest BCUT2D eigenvalue weighted by Gasteiger charge is 2.49. The molecule has 6 heterocycles. The summed E-state index contributed by atoms with van der Waals surface area (Å²) >= 11 is 0. The molecule has 0 saturated carbocycles. The van der Waals surface area contributed by atoms with E-state index in [-0.39, 0.29) is 63.6 Å². The Balaban J connectivity index is 1.28. The SMILES string of the molecule is [2H]C([2H])([2H])N1[C@@H]2CC[C@H]1CN(c1nc(OC[C@@]34CCCN3C[C@H](F)C4)nc3c(F)c(-c4cc(O)cc5ccc(F)c(C#C)c45)c4nn(C)cc4c13)C2. The van der Waals surface area contributed by atoms with Crippen molar-refractivity contribution < 1.29 is 27.1 Å². The maximum atomic E-state index is 17.6. The van der Waals surface area contributed by atoms with Crippen molar-refractivity contribution in [3.63, 3.8) is 0 Å². The number of likely N-dealkylation sites (N-methyl/N-ethyl adjacent to an activating group) is 1. The number of anilines is 1. The largest absolute Gasteiger partial charge is 0.508 e. The lowest BCUT2D eigenvalue weighted by Crippen LogP contribution is -2.52. The van der Waals surface area contributed by atoms with Gasteiger partial charge in [0.2, 0.25) is 0 Å². The lowest BCUT2D eigenvalue weighted by molar-refractivity contribution is 0.107. The number of halogens is 3. The van der Waals surface area contributed by atoms with Crippen LogP contribution in [0.4, 0.5) is 19.0 Å². The number of benzene rings is 3. The molecule has 12 heteroatoms. The normalized spacial score (nSPS) is 26.7. The second kappa shape index (κ2) is 11.0. The Morgan fingerprint density at radius 3 is 2.71 bits per heavy atom. The van der Waals surface area contributed by atoms with Crippen LogP contribution >= 0.6 is 0 Å². The lowest BCUT2D eigenvalue weighted by atomic mass is 9.91. The maximum Gasteiger partial charge on any atom is 0.319 e. The molecule has 5 aromatic rings. The molecule has 49 heavy (non-hydrogen) atoms. The Morgan fingerprint density at radius 2 is 1.94 bits per heavy atom. The number of aromatic hydroxyl groups is 1. The fourth-order valence-corrected chi connectivity index (χ4v) is 8.94. The molecule has 0 spiro atoms. The highest BCUT2D eigenvalue weighted by molar-refractivity contribution is 6.18. The van der Waals surface area contributed by atoms with Gasteiger partial charge in [0.15, 0.2) is 5.82 Å². The van der Waals surface area contributed by atoms with E-state index in [9.17, 15) is 9.50 Å². The van der Waals surface area contributed by atoms with E-state index in [4.69, 9.17) is 20.3 Å². The average Bonchev–Trinajstić information content (AvgIpc) is 3.82. The van der Waals surface area contributed by atoms with Gasteiger partial charge < -0.3 is 14.7 Å². The lowest BCUT2D eigenvalue weighted by Gasteiger charge is -2.40. The molecule has 2 bridgehead atoms. The summed E-state index contributed by atoms with van der Waals surface area (Å²) in [4.78, 5) is 15.3. The molecular weight excluding hydrogens is 631 g/mol. The van der Waals surface area contributed by atoms with Gasteiger partial charge in [0.05, 0.1) is 16.5 Å². The molecule has 0 radical (unpaired) electrons. The van der Waals surface area contributed by atoms with Crippen LogP contribution in [0.3, 0.4) is 0 Å². The zero-order valence-electron chi connectivity index (χ0n) is 29.9. The molecule has 4 saturated heterocycles. The number of fused-ring (bicyclic) bond motifs is 7. The summed E-state index contributed by atoms with van der Waals surface area (Å²) in [5, 5.41) is 17.0. The molecule has 0 aliphatic carbocycles. The van der Waals surface area contributed by atoms with Crippen molar-refractivity contribution in [2.24, 2.45) is 7.05 Å². The number of hydrogen-bond donors (Lipinski definition) is 1. The van der Waals surface area contributed by atoms with E-state index in [0.717, 1.165) is 19.4 Å². The Labute approximate surface area is 285 Å². The number of ether oxygens (including phenoxy) is 1. The maximum absolute atomic E-state index is 17.6. The predicted molar refractivity (Wildman–Crippen MR) is 182 cm³/mol. The van der Waals surface area contributed by atoms with Crippen LogP contribution in [0.2, 0.25) is 0 Å². The third kappa shape index (κ3) is 4.58. The number of nitrogens with zero attached hydrogens (tertiary/aromatic N) is 7. The first-order valence-electron chi connectivity index (χ1n) is 18.2. The number of aryl methyl sites for hydroxylation is 1. The van der Waals surface area contributed by atoms with E-state index in [2.05, 4.69) is 20.9 Å². The first-order valence-corrected chi connectivity index (χ1v) is 16.7. The van der Waals surface area contributed by atoms with E-state index >= 15 is 8.78 Å². The zero-order chi connectivity index (χ0) is 36.3. The van der Waals surface area contributed by atoms with Crippen molar-refractivity contribution >= 4 is 38.4 Å². The number of phenols is 1. The molecule has 252 valence electrons. The van der Waals surface area contributed by atoms with Crippen molar-refractivity contribution in [2.45, 2.75) is 55.9 Å². The summed E-state index contributed by atoms with van der Waals surface area (Å²) in [5.74, 6) is 1.12. The smallest absolute Gasteiger partial charge is 0.319 e. The van der Waals surface area contributed by atoms with E-state index in [1.54, 1.807) is 18.1 Å². The molecule has 4 aliphatic rings. The van der Waals surface area contributed by atoms with Crippen LogP contribution in [0.25, 0.3) is 43.7 Å². The minimum Gasteiger partial charge on any atom is -0.508 e. The van der Waals surface area contributed by atoms with Crippen LogP contribution in [0.5, 0.6) is 11.8 Å². The Hall–Kier alpha value is -4.60. The van der Waals surface area contributed by atoms with Crippen molar-refractivity contribution in [1.29, 1.82) is 0 Å². The van der Waals surface area contributed by atoms with Gasteiger partial charge in [0.1, 0.15) is 41.2 Å². The summed E-state index contributed by atoms with van der Waals surface area (Å²) in [6, 6.07) is 4.79. The number of alkyl halides is 1. The quantitative estimate of drug-likeness (QED) is 0.244. The fraction of sp³-hybridized carbons (Fsp3) is 0.432. The van der Waals surface area contributed by atoms with Gasteiger partial charge in [-0.25, -0.2) is 13.2 Å². The van der Waals surface area contributed by atoms with E-state index < -0.39 is 30.3 Å². The molecule has 3 aromatic carbocycles. The van der Waals surface area contributed by atoms with E-state index in [1.807, 2.05) is 4.90 Å². The second-order valence-corrected chi connectivity index (χ2v) is 14.0. The molecule has 9 rings (SSSR count). The van der Waals surface area contributed by atoms with Crippen molar-refractivity contribution in [2.75, 3.05) is 44.7 Å². The summed E-state index contributed by atoms with van der Waals surface area (Å²) < 4.78 is 79.9. The van der Waals surface area contributed by atoms with Gasteiger partial charge in [-0.3, -0.25) is 14.5 Å².